The van der Waals surface area contributed by atoms with Gasteiger partial charge in [0.2, 0.25) is 0 Å². The molecule has 0 spiro atoms. The summed E-state index contributed by atoms with van der Waals surface area (Å²) in [6.45, 7) is 1.95. The van der Waals surface area contributed by atoms with E-state index in [1.807, 2.05) is 49.4 Å². The van der Waals surface area contributed by atoms with Gasteiger partial charge in [-0.25, -0.2) is 0 Å². The van der Waals surface area contributed by atoms with Crippen molar-refractivity contribution >= 4 is 5.97 Å². The molecule has 3 nitrogen and oxygen atoms in total. The number of carbonyl (C=O) groups is 1. The first-order valence-corrected chi connectivity index (χ1v) is 5.86. The van der Waals surface area contributed by atoms with E-state index in [0.29, 0.717) is 6.42 Å². The van der Waals surface area contributed by atoms with E-state index in [1.54, 1.807) is 6.20 Å². The maximum atomic E-state index is 11.4. The molecule has 0 saturated carbocycles. The Kier molecular flexibility index (Phi) is 3.72. The van der Waals surface area contributed by atoms with E-state index in [2.05, 4.69) is 4.98 Å². The minimum atomic E-state index is -0.814. The molecule has 1 N–H and O–H groups in total. The predicted molar refractivity (Wildman–Crippen MR) is 69.5 cm³/mol. The lowest BCUT2D eigenvalue weighted by atomic mass is 9.93. The van der Waals surface area contributed by atoms with Gasteiger partial charge in [-0.1, -0.05) is 36.4 Å². The van der Waals surface area contributed by atoms with Crippen molar-refractivity contribution in [2.75, 3.05) is 0 Å². The van der Waals surface area contributed by atoms with E-state index in [-0.39, 0.29) is 0 Å². The summed E-state index contributed by atoms with van der Waals surface area (Å²) < 4.78 is 0. The first-order valence-electron chi connectivity index (χ1n) is 5.86. The van der Waals surface area contributed by atoms with Gasteiger partial charge in [-0.2, -0.15) is 0 Å². The van der Waals surface area contributed by atoms with Crippen LogP contribution in [0.15, 0.2) is 48.7 Å². The average Bonchev–Trinajstić information content (AvgIpc) is 2.38. The van der Waals surface area contributed by atoms with Crippen LogP contribution in [0.1, 0.15) is 22.7 Å². The first-order chi connectivity index (χ1) is 8.68. The van der Waals surface area contributed by atoms with Gasteiger partial charge >= 0.3 is 5.97 Å². The number of benzene rings is 1. The van der Waals surface area contributed by atoms with Gasteiger partial charge in [-0.05, 0) is 24.1 Å². The Morgan fingerprint density at radius 2 is 1.94 bits per heavy atom. The van der Waals surface area contributed by atoms with E-state index >= 15 is 0 Å². The number of aryl methyl sites for hydroxylation is 1. The average molecular weight is 241 g/mol. The highest BCUT2D eigenvalue weighted by Crippen LogP contribution is 2.21. The van der Waals surface area contributed by atoms with E-state index in [4.69, 9.17) is 0 Å². The Balaban J connectivity index is 2.28. The highest BCUT2D eigenvalue weighted by Gasteiger charge is 2.21. The molecule has 18 heavy (non-hydrogen) atoms. The number of rotatable bonds is 4. The van der Waals surface area contributed by atoms with Gasteiger partial charge in [-0.3, -0.25) is 9.78 Å². The number of pyridine rings is 1. The van der Waals surface area contributed by atoms with Crippen LogP contribution in [-0.4, -0.2) is 16.1 Å². The molecule has 92 valence electrons. The van der Waals surface area contributed by atoms with Gasteiger partial charge in [0.1, 0.15) is 0 Å². The Morgan fingerprint density at radius 3 is 2.56 bits per heavy atom. The number of carboxylic acid groups (broad SMARTS) is 1. The first kappa shape index (κ1) is 12.3. The lowest BCUT2D eigenvalue weighted by Gasteiger charge is -2.13. The fourth-order valence-corrected chi connectivity index (χ4v) is 1.96. The van der Waals surface area contributed by atoms with Crippen LogP contribution < -0.4 is 0 Å². The molecule has 0 aliphatic heterocycles. The van der Waals surface area contributed by atoms with Gasteiger partial charge in [0, 0.05) is 18.3 Å². The predicted octanol–water partition coefficient (Wildman–Crippen LogP) is 2.80. The number of hydrogen-bond donors (Lipinski definition) is 1. The fourth-order valence-electron chi connectivity index (χ4n) is 1.96. The molecule has 1 atom stereocenters. The van der Waals surface area contributed by atoms with E-state index < -0.39 is 11.9 Å². The normalized spacial score (nSPS) is 12.1. The van der Waals surface area contributed by atoms with Crippen LogP contribution >= 0.6 is 0 Å². The van der Waals surface area contributed by atoms with Crippen LogP contribution in [0.5, 0.6) is 0 Å². The largest absolute Gasteiger partial charge is 0.481 e. The third-order valence-electron chi connectivity index (χ3n) is 3.02. The lowest BCUT2D eigenvalue weighted by Crippen LogP contribution is -2.15. The maximum Gasteiger partial charge on any atom is 0.311 e. The number of aliphatic carboxylic acids is 1. The minimum Gasteiger partial charge on any atom is -0.481 e. The van der Waals surface area contributed by atoms with Crippen molar-refractivity contribution in [3.8, 4) is 0 Å². The van der Waals surface area contributed by atoms with Crippen LogP contribution in [0.2, 0.25) is 0 Å². The second-order valence-electron chi connectivity index (χ2n) is 4.27. The van der Waals surface area contributed by atoms with E-state index in [0.717, 1.165) is 16.8 Å². The topological polar surface area (TPSA) is 50.2 Å². The summed E-state index contributed by atoms with van der Waals surface area (Å²) in [5.74, 6) is -1.36. The van der Waals surface area contributed by atoms with Gasteiger partial charge < -0.3 is 5.11 Å². The summed E-state index contributed by atoms with van der Waals surface area (Å²) in [7, 11) is 0. The summed E-state index contributed by atoms with van der Waals surface area (Å²) in [6.07, 6.45) is 2.12. The second kappa shape index (κ2) is 5.45. The molecule has 2 rings (SSSR count). The lowest BCUT2D eigenvalue weighted by molar-refractivity contribution is -0.138. The third-order valence-corrected chi connectivity index (χ3v) is 3.02. The molecule has 0 bridgehead atoms. The van der Waals surface area contributed by atoms with Gasteiger partial charge in [0.05, 0.1) is 5.92 Å². The summed E-state index contributed by atoms with van der Waals surface area (Å²) in [5, 5.41) is 9.35. The number of nitrogens with zero attached hydrogens (tertiary/aromatic N) is 1. The van der Waals surface area contributed by atoms with Gasteiger partial charge in [0.15, 0.2) is 0 Å². The molecule has 1 aromatic heterocycles. The monoisotopic (exact) mass is 241 g/mol. The molecule has 1 aromatic carbocycles. The minimum absolute atomic E-state index is 0.423. The Hall–Kier alpha value is -2.16. The van der Waals surface area contributed by atoms with Crippen molar-refractivity contribution in [2.45, 2.75) is 19.3 Å². The van der Waals surface area contributed by atoms with Crippen LogP contribution in [0.25, 0.3) is 0 Å². The zero-order valence-electron chi connectivity index (χ0n) is 10.2. The molecule has 0 amide bonds. The molecule has 0 fully saturated rings. The molecule has 0 radical (unpaired) electrons. The van der Waals surface area contributed by atoms with Gasteiger partial charge in [0.25, 0.3) is 0 Å². The molecular formula is C15H15NO2. The molecule has 0 aliphatic rings. The quantitative estimate of drug-likeness (QED) is 0.895. The van der Waals surface area contributed by atoms with Crippen molar-refractivity contribution in [3.05, 3.63) is 65.5 Å². The van der Waals surface area contributed by atoms with Crippen LogP contribution in [0.3, 0.4) is 0 Å². The zero-order chi connectivity index (χ0) is 13.0. The third kappa shape index (κ3) is 2.74. The highest BCUT2D eigenvalue weighted by atomic mass is 16.4. The number of aromatic nitrogens is 1. The number of carboxylic acids is 1. The summed E-state index contributed by atoms with van der Waals surface area (Å²) >= 11 is 0. The zero-order valence-corrected chi connectivity index (χ0v) is 10.2. The van der Waals surface area contributed by atoms with Crippen molar-refractivity contribution in [3.63, 3.8) is 0 Å². The number of hydrogen-bond acceptors (Lipinski definition) is 2. The van der Waals surface area contributed by atoms with Gasteiger partial charge in [-0.15, -0.1) is 0 Å². The Morgan fingerprint density at radius 1 is 1.22 bits per heavy atom. The van der Waals surface area contributed by atoms with Crippen molar-refractivity contribution in [2.24, 2.45) is 0 Å². The second-order valence-corrected chi connectivity index (χ2v) is 4.27. The molecule has 3 heteroatoms. The Labute approximate surface area is 106 Å². The van der Waals surface area contributed by atoms with Crippen LogP contribution in [0, 0.1) is 6.92 Å². The molecule has 2 aromatic rings. The summed E-state index contributed by atoms with van der Waals surface area (Å²) in [5.41, 5.74) is 2.68. The van der Waals surface area contributed by atoms with E-state index in [1.165, 1.54) is 0 Å². The fraction of sp³-hybridized carbons (Fsp3) is 0.200. The molecule has 1 unspecified atom stereocenters. The van der Waals surface area contributed by atoms with Crippen molar-refractivity contribution in [1.82, 2.24) is 4.98 Å². The smallest absolute Gasteiger partial charge is 0.311 e. The molecule has 0 saturated heterocycles. The van der Waals surface area contributed by atoms with Crippen LogP contribution in [-0.2, 0) is 11.2 Å². The molecular weight excluding hydrogens is 226 g/mol. The molecule has 0 aliphatic carbocycles. The van der Waals surface area contributed by atoms with Crippen molar-refractivity contribution < 1.29 is 9.90 Å². The maximum absolute atomic E-state index is 11.4. The Bertz CT molecular complexity index is 537. The van der Waals surface area contributed by atoms with Crippen LogP contribution in [0.4, 0.5) is 0 Å². The van der Waals surface area contributed by atoms with E-state index in [9.17, 15) is 9.90 Å². The highest BCUT2D eigenvalue weighted by molar-refractivity contribution is 5.76. The SMILES string of the molecule is Cc1cccnc1CC(C(=O)O)c1ccccc1. The standard InChI is InChI=1S/C15H15NO2/c1-11-6-5-9-16-14(11)10-13(15(17)18)12-7-3-2-4-8-12/h2-9,13H,10H2,1H3,(H,17,18). The summed E-state index contributed by atoms with van der Waals surface area (Å²) in [4.78, 5) is 15.7. The summed E-state index contributed by atoms with van der Waals surface area (Å²) in [6, 6.07) is 13.1. The van der Waals surface area contributed by atoms with Crippen molar-refractivity contribution in [1.29, 1.82) is 0 Å². The molecule has 1 heterocycles.